The highest BCUT2D eigenvalue weighted by Gasteiger charge is 2.51. The molecule has 5 atom stereocenters. The molecule has 1 aromatic heterocycles. The SMILES string of the molecule is CCC(C)(C)C(=O)OCCSC(C)C(=O)NC1=NC(=Cc2[nH]c(NC(=O)COCCOCCOC)c(C(=O)OC3C(C(C)(C)C)CC(C)CC3C(C)(C)C)c2C(C)C)C(C(C)C)=C1C(=O)OC1C(C(C)(C)C)CC(C)CC1C(C)(C)C. The van der Waals surface area contributed by atoms with E-state index >= 15 is 9.59 Å². The molecule has 2 saturated carbocycles. The second-order valence-electron chi connectivity index (χ2n) is 29.2. The van der Waals surface area contributed by atoms with E-state index in [0.717, 1.165) is 25.7 Å². The summed E-state index contributed by atoms with van der Waals surface area (Å²) in [5.74, 6) is -1.27. The number of methoxy groups -OCH3 is 1. The van der Waals surface area contributed by atoms with Crippen LogP contribution in [0, 0.1) is 68.5 Å². The summed E-state index contributed by atoms with van der Waals surface area (Å²) in [5.41, 5.74) is 1.00. The molecular formula is C65H108N4O11S. The summed E-state index contributed by atoms with van der Waals surface area (Å²) in [4.78, 5) is 80.5. The number of esters is 3. The number of rotatable bonds is 23. The van der Waals surface area contributed by atoms with Crippen molar-refractivity contribution in [1.29, 1.82) is 0 Å². The van der Waals surface area contributed by atoms with Gasteiger partial charge in [-0.15, -0.1) is 11.8 Å². The van der Waals surface area contributed by atoms with Crippen molar-refractivity contribution in [2.75, 3.05) is 57.8 Å². The molecule has 2 amide bonds. The largest absolute Gasteiger partial charge is 0.464 e. The molecule has 460 valence electrons. The maximum Gasteiger partial charge on any atom is 0.342 e. The molecule has 0 saturated heterocycles. The molecule has 3 aliphatic rings. The van der Waals surface area contributed by atoms with Gasteiger partial charge >= 0.3 is 17.9 Å². The number of nitrogens with zero attached hydrogens (tertiary/aromatic N) is 1. The normalized spacial score (nSPS) is 24.1. The molecule has 0 radical (unpaired) electrons. The Balaban J connectivity index is 1.95. The third-order valence-electron chi connectivity index (χ3n) is 17.1. The Labute approximate surface area is 492 Å². The molecule has 1 aromatic rings. The number of carbonyl (C=O) groups is 5. The van der Waals surface area contributed by atoms with Crippen LogP contribution in [0.2, 0.25) is 0 Å². The van der Waals surface area contributed by atoms with Crippen LogP contribution in [0.25, 0.3) is 6.08 Å². The van der Waals surface area contributed by atoms with E-state index in [9.17, 15) is 14.4 Å². The van der Waals surface area contributed by atoms with Crippen LogP contribution >= 0.6 is 11.8 Å². The highest BCUT2D eigenvalue weighted by atomic mass is 32.2. The lowest BCUT2D eigenvalue weighted by atomic mass is 9.59. The van der Waals surface area contributed by atoms with Crippen LogP contribution in [-0.4, -0.2) is 111 Å². The number of amides is 2. The van der Waals surface area contributed by atoms with Gasteiger partial charge in [0.25, 0.3) is 5.91 Å². The van der Waals surface area contributed by atoms with Crippen molar-refractivity contribution in [3.63, 3.8) is 0 Å². The maximum absolute atomic E-state index is 15.5. The lowest BCUT2D eigenvalue weighted by molar-refractivity contribution is -0.164. The first-order valence-corrected chi connectivity index (χ1v) is 31.2. The third kappa shape index (κ3) is 18.8. The molecule has 2 aliphatic carbocycles. The monoisotopic (exact) mass is 1150 g/mol. The van der Waals surface area contributed by atoms with Gasteiger partial charge in [-0.3, -0.25) is 14.4 Å². The third-order valence-corrected chi connectivity index (χ3v) is 18.2. The van der Waals surface area contributed by atoms with E-state index in [-0.39, 0.29) is 118 Å². The van der Waals surface area contributed by atoms with Gasteiger partial charge in [-0.2, -0.15) is 0 Å². The number of carbonyl (C=O) groups excluding carboxylic acids is 5. The molecule has 0 aromatic carbocycles. The molecule has 81 heavy (non-hydrogen) atoms. The Kier molecular flexibility index (Phi) is 24.7. The van der Waals surface area contributed by atoms with Gasteiger partial charge in [0.2, 0.25) is 5.91 Å². The Morgan fingerprint density at radius 2 is 1.15 bits per heavy atom. The molecular weight excluding hydrogens is 1040 g/mol. The van der Waals surface area contributed by atoms with Crippen molar-refractivity contribution < 1.29 is 52.4 Å². The number of amidine groups is 1. The fourth-order valence-corrected chi connectivity index (χ4v) is 12.7. The maximum atomic E-state index is 15.5. The van der Waals surface area contributed by atoms with E-state index in [0.29, 0.717) is 59.8 Å². The lowest BCUT2D eigenvalue weighted by Crippen LogP contribution is -2.50. The Morgan fingerprint density at radius 1 is 0.667 bits per heavy atom. The van der Waals surface area contributed by atoms with E-state index < -0.39 is 40.7 Å². The molecule has 15 nitrogen and oxygen atoms in total. The number of aliphatic imine (C=N–C) groups is 1. The fourth-order valence-electron chi connectivity index (χ4n) is 12.0. The first kappa shape index (κ1) is 69.5. The molecule has 16 heteroatoms. The Morgan fingerprint density at radius 3 is 1.60 bits per heavy atom. The van der Waals surface area contributed by atoms with Crippen LogP contribution in [0.1, 0.15) is 212 Å². The standard InChI is InChI=1S/C65H108N4O11S/c1-24-65(21,22)60(74)78-29-30-81-41(8)57(71)69-56-52(59(73)80-54-44(63(15,16)17)33-40(7)34-45(54)64(18,19)20)50(38(4)5)47(67-56)35-46-49(37(2)3)51(55(66-46)68-48(70)36-77-28-27-76-26-25-75-23)58(72)79-53-42(61(9,10)11)31-39(6)32-43(53)62(12,13)14/h35,37-45,53-54,66H,24-34,36H2,1-23H3,(H,68,70)(H,67,69,71). The number of H-pyrrole nitrogens is 1. The zero-order chi connectivity index (χ0) is 61.3. The van der Waals surface area contributed by atoms with Gasteiger partial charge in [-0.1, -0.05) is 132 Å². The first-order chi connectivity index (χ1) is 37.3. The average molecular weight is 1150 g/mol. The molecule has 4 rings (SSSR count). The summed E-state index contributed by atoms with van der Waals surface area (Å²) in [6.07, 6.45) is 5.17. The molecule has 3 N–H and O–H groups in total. The molecule has 2 fully saturated rings. The fraction of sp³-hybridized carbons (Fsp3) is 0.785. The Hall–Kier alpha value is -3.99. The average Bonchev–Trinajstić information content (AvgIpc) is 3.89. The van der Waals surface area contributed by atoms with Crippen LogP contribution in [-0.2, 0) is 47.6 Å². The minimum absolute atomic E-state index is 0.0469. The molecule has 0 bridgehead atoms. The van der Waals surface area contributed by atoms with Crippen molar-refractivity contribution >= 4 is 59.2 Å². The van der Waals surface area contributed by atoms with E-state index in [1.165, 1.54) is 11.8 Å². The Bertz CT molecular complexity index is 2380. The van der Waals surface area contributed by atoms with Crippen molar-refractivity contribution in [2.45, 2.75) is 208 Å². The van der Waals surface area contributed by atoms with Crippen LogP contribution < -0.4 is 10.6 Å². The second-order valence-corrected chi connectivity index (χ2v) is 30.6. The summed E-state index contributed by atoms with van der Waals surface area (Å²) in [5, 5.41) is 5.40. The zero-order valence-electron chi connectivity index (χ0n) is 54.3. The van der Waals surface area contributed by atoms with E-state index in [4.69, 9.17) is 33.4 Å². The van der Waals surface area contributed by atoms with Gasteiger partial charge in [-0.25, -0.2) is 14.6 Å². The number of thioether (sulfide) groups is 1. The smallest absolute Gasteiger partial charge is 0.342 e. The van der Waals surface area contributed by atoms with E-state index in [1.54, 1.807) is 20.1 Å². The number of ether oxygens (including phenoxy) is 6. The lowest BCUT2D eigenvalue weighted by Gasteiger charge is -2.50. The molecule has 2 heterocycles. The van der Waals surface area contributed by atoms with Crippen molar-refractivity contribution in [3.8, 4) is 0 Å². The molecule has 0 spiro atoms. The number of aromatic amines is 1. The summed E-state index contributed by atoms with van der Waals surface area (Å²) < 4.78 is 35.7. The second kappa shape index (κ2) is 28.7. The number of hydrogen-bond acceptors (Lipinski definition) is 13. The van der Waals surface area contributed by atoms with Crippen molar-refractivity contribution in [1.82, 2.24) is 10.3 Å². The van der Waals surface area contributed by atoms with E-state index in [1.807, 2.05) is 48.5 Å². The van der Waals surface area contributed by atoms with Crippen molar-refractivity contribution in [2.24, 2.45) is 73.5 Å². The summed E-state index contributed by atoms with van der Waals surface area (Å²) in [6.45, 7) is 47.5. The van der Waals surface area contributed by atoms with Gasteiger partial charge < -0.3 is 44.0 Å². The number of aromatic nitrogens is 1. The van der Waals surface area contributed by atoms with Crippen molar-refractivity contribution in [3.05, 3.63) is 33.7 Å². The first-order valence-electron chi connectivity index (χ1n) is 30.1. The zero-order valence-corrected chi connectivity index (χ0v) is 55.1. The predicted octanol–water partition coefficient (Wildman–Crippen LogP) is 13.6. The van der Waals surface area contributed by atoms with E-state index in [2.05, 4.69) is 113 Å². The predicted molar refractivity (Wildman–Crippen MR) is 327 cm³/mol. The van der Waals surface area contributed by atoms with Gasteiger partial charge in [0.15, 0.2) is 0 Å². The summed E-state index contributed by atoms with van der Waals surface area (Å²) in [6, 6.07) is 0. The van der Waals surface area contributed by atoms with Gasteiger partial charge in [0, 0.05) is 42.2 Å². The van der Waals surface area contributed by atoms with Gasteiger partial charge in [0.05, 0.1) is 42.8 Å². The number of allylic oxidation sites excluding steroid dienone is 1. The quantitative estimate of drug-likeness (QED) is 0.0534. The number of nitrogens with one attached hydrogen (secondary N) is 3. The summed E-state index contributed by atoms with van der Waals surface area (Å²) in [7, 11) is 1.60. The van der Waals surface area contributed by atoms with Crippen LogP contribution in [0.3, 0.4) is 0 Å². The minimum Gasteiger partial charge on any atom is -0.464 e. The van der Waals surface area contributed by atoms with Gasteiger partial charge in [-0.05, 0) is 115 Å². The van der Waals surface area contributed by atoms with Crippen LogP contribution in [0.4, 0.5) is 5.82 Å². The number of anilines is 1. The topological polar surface area (TPSA) is 193 Å². The van der Waals surface area contributed by atoms with Crippen LogP contribution in [0.5, 0.6) is 0 Å². The highest BCUT2D eigenvalue weighted by molar-refractivity contribution is 8.00. The van der Waals surface area contributed by atoms with Gasteiger partial charge in [0.1, 0.15) is 48.2 Å². The molecule has 1 aliphatic heterocycles. The minimum atomic E-state index is -0.625. The number of hydrogen-bond donors (Lipinski definition) is 3. The highest BCUT2D eigenvalue weighted by Crippen LogP contribution is 2.52. The molecule has 5 unspecified atom stereocenters. The van der Waals surface area contributed by atoms with Crippen LogP contribution in [0.15, 0.2) is 21.8 Å². The summed E-state index contributed by atoms with van der Waals surface area (Å²) >= 11 is 1.33.